The van der Waals surface area contributed by atoms with E-state index < -0.39 is 17.6 Å². The Hall–Kier alpha value is -2.86. The Labute approximate surface area is 183 Å². The van der Waals surface area contributed by atoms with Gasteiger partial charge >= 0.3 is 12.1 Å². The maximum atomic E-state index is 12.5. The number of ether oxygens (including phenoxy) is 3. The zero-order valence-corrected chi connectivity index (χ0v) is 18.5. The Morgan fingerprint density at radius 2 is 1.48 bits per heavy atom. The number of hydrogen-bond acceptors (Lipinski definition) is 5. The SMILES string of the molecule is COC(=O)[C@@H](Cc1ccccc1)[C@@H]1O[C@H]1[C@H](Cc1ccccc1)NC(=O)OC(C)(C)C. The van der Waals surface area contributed by atoms with Crippen molar-refractivity contribution in [3.63, 3.8) is 0 Å². The van der Waals surface area contributed by atoms with E-state index >= 15 is 0 Å². The van der Waals surface area contributed by atoms with E-state index in [1.165, 1.54) is 7.11 Å². The second-order valence-electron chi connectivity index (χ2n) is 8.83. The van der Waals surface area contributed by atoms with E-state index in [0.29, 0.717) is 12.8 Å². The summed E-state index contributed by atoms with van der Waals surface area (Å²) in [5.74, 6) is -0.761. The van der Waals surface area contributed by atoms with E-state index in [9.17, 15) is 9.59 Å². The Morgan fingerprint density at radius 1 is 0.935 bits per heavy atom. The molecule has 0 bridgehead atoms. The Bertz CT molecular complexity index is 862. The number of carbonyl (C=O) groups is 2. The highest BCUT2D eigenvalue weighted by Crippen LogP contribution is 2.36. The third kappa shape index (κ3) is 6.82. The van der Waals surface area contributed by atoms with E-state index in [2.05, 4.69) is 5.32 Å². The van der Waals surface area contributed by atoms with Crippen molar-refractivity contribution >= 4 is 12.1 Å². The number of rotatable bonds is 8. The molecular formula is C25H31NO5. The van der Waals surface area contributed by atoms with Gasteiger partial charge in [-0.1, -0.05) is 60.7 Å². The molecule has 0 saturated carbocycles. The normalized spacial score (nSPS) is 19.7. The van der Waals surface area contributed by atoms with Crippen LogP contribution in [-0.2, 0) is 31.8 Å². The van der Waals surface area contributed by atoms with Gasteiger partial charge in [-0.3, -0.25) is 4.79 Å². The summed E-state index contributed by atoms with van der Waals surface area (Å²) in [5, 5.41) is 2.95. The fraction of sp³-hybridized carbons (Fsp3) is 0.440. The molecule has 31 heavy (non-hydrogen) atoms. The summed E-state index contributed by atoms with van der Waals surface area (Å²) >= 11 is 0. The van der Waals surface area contributed by atoms with Crippen LogP contribution in [0.25, 0.3) is 0 Å². The van der Waals surface area contributed by atoms with Gasteiger partial charge in [-0.05, 0) is 44.7 Å². The molecule has 2 aromatic carbocycles. The first kappa shape index (κ1) is 22.8. The van der Waals surface area contributed by atoms with Crippen molar-refractivity contribution in [1.82, 2.24) is 5.32 Å². The fourth-order valence-corrected chi connectivity index (χ4v) is 3.71. The molecule has 0 aliphatic carbocycles. The second-order valence-corrected chi connectivity index (χ2v) is 8.83. The minimum absolute atomic E-state index is 0.305. The molecule has 1 N–H and O–H groups in total. The van der Waals surface area contributed by atoms with Crippen LogP contribution in [0.1, 0.15) is 31.9 Å². The van der Waals surface area contributed by atoms with E-state index in [1.54, 1.807) is 0 Å². The van der Waals surface area contributed by atoms with Crippen LogP contribution in [0.5, 0.6) is 0 Å². The number of benzene rings is 2. The number of esters is 1. The average Bonchev–Trinajstić information content (AvgIpc) is 3.52. The zero-order chi connectivity index (χ0) is 22.4. The average molecular weight is 426 g/mol. The Kier molecular flexibility index (Phi) is 7.33. The molecule has 4 atom stereocenters. The van der Waals surface area contributed by atoms with Crippen LogP contribution >= 0.6 is 0 Å². The molecule has 166 valence electrons. The maximum absolute atomic E-state index is 12.5. The van der Waals surface area contributed by atoms with Gasteiger partial charge in [0.2, 0.25) is 0 Å². The summed E-state index contributed by atoms with van der Waals surface area (Å²) in [7, 11) is 1.39. The topological polar surface area (TPSA) is 77.2 Å². The number of epoxide rings is 1. The van der Waals surface area contributed by atoms with Crippen molar-refractivity contribution in [2.75, 3.05) is 7.11 Å². The fourth-order valence-electron chi connectivity index (χ4n) is 3.71. The van der Waals surface area contributed by atoms with Crippen LogP contribution in [0.2, 0.25) is 0 Å². The van der Waals surface area contributed by atoms with Gasteiger partial charge in [0.05, 0.1) is 25.2 Å². The Morgan fingerprint density at radius 3 is 2.00 bits per heavy atom. The summed E-state index contributed by atoms with van der Waals surface area (Å²) in [6, 6.07) is 19.3. The second kappa shape index (κ2) is 9.96. The third-order valence-corrected chi connectivity index (χ3v) is 5.16. The van der Waals surface area contributed by atoms with Gasteiger partial charge in [-0.15, -0.1) is 0 Å². The number of alkyl carbamates (subject to hydrolysis) is 1. The first-order chi connectivity index (χ1) is 14.8. The van der Waals surface area contributed by atoms with E-state index in [1.807, 2.05) is 81.4 Å². The Balaban J connectivity index is 1.75. The highest BCUT2D eigenvalue weighted by Gasteiger charge is 2.52. The van der Waals surface area contributed by atoms with Crippen molar-refractivity contribution in [1.29, 1.82) is 0 Å². The van der Waals surface area contributed by atoms with Crippen LogP contribution in [0, 0.1) is 5.92 Å². The van der Waals surface area contributed by atoms with Gasteiger partial charge < -0.3 is 19.5 Å². The molecule has 1 amide bonds. The lowest BCUT2D eigenvalue weighted by Crippen LogP contribution is -2.44. The number of nitrogens with one attached hydrogen (secondary N) is 1. The summed E-state index contributed by atoms with van der Waals surface area (Å²) in [4.78, 5) is 25.0. The molecule has 0 aromatic heterocycles. The molecule has 1 fully saturated rings. The first-order valence-corrected chi connectivity index (χ1v) is 10.6. The van der Waals surface area contributed by atoms with Crippen molar-refractivity contribution in [2.45, 2.75) is 57.5 Å². The first-order valence-electron chi connectivity index (χ1n) is 10.6. The third-order valence-electron chi connectivity index (χ3n) is 5.16. The molecule has 0 spiro atoms. The van der Waals surface area contributed by atoms with Crippen molar-refractivity contribution in [3.05, 3.63) is 71.8 Å². The monoisotopic (exact) mass is 425 g/mol. The lowest BCUT2D eigenvalue weighted by atomic mass is 9.91. The molecule has 3 rings (SSSR count). The highest BCUT2D eigenvalue weighted by atomic mass is 16.6. The summed E-state index contributed by atoms with van der Waals surface area (Å²) < 4.78 is 16.5. The molecule has 6 heteroatoms. The van der Waals surface area contributed by atoms with Gasteiger partial charge in [0.1, 0.15) is 11.7 Å². The van der Waals surface area contributed by atoms with Crippen molar-refractivity contribution < 1.29 is 23.8 Å². The van der Waals surface area contributed by atoms with Gasteiger partial charge in [0, 0.05) is 0 Å². The van der Waals surface area contributed by atoms with Crippen LogP contribution < -0.4 is 5.32 Å². The largest absolute Gasteiger partial charge is 0.469 e. The van der Waals surface area contributed by atoms with Crippen LogP contribution in [0.15, 0.2) is 60.7 Å². The molecule has 1 heterocycles. The summed E-state index contributed by atoms with van der Waals surface area (Å²) in [6.07, 6.45) is -0.0585. The standard InChI is InChI=1S/C25H31NO5/c1-25(2,3)31-24(28)26-20(16-18-13-9-6-10-14-18)22-21(30-22)19(23(27)29-4)15-17-11-7-5-8-12-17/h5-14,19-22H,15-16H2,1-4H3,(H,26,28)/t19-,20-,21-,22-/m0/s1. The highest BCUT2D eigenvalue weighted by molar-refractivity contribution is 5.74. The molecule has 1 saturated heterocycles. The number of amides is 1. The molecule has 2 aromatic rings. The van der Waals surface area contributed by atoms with Gasteiger partial charge in [0.25, 0.3) is 0 Å². The summed E-state index contributed by atoms with van der Waals surface area (Å²) in [6.45, 7) is 5.47. The smallest absolute Gasteiger partial charge is 0.407 e. The van der Waals surface area contributed by atoms with Crippen LogP contribution in [-0.4, -0.2) is 43.0 Å². The van der Waals surface area contributed by atoms with Crippen LogP contribution in [0.4, 0.5) is 4.79 Å². The van der Waals surface area contributed by atoms with Gasteiger partial charge in [-0.2, -0.15) is 0 Å². The minimum Gasteiger partial charge on any atom is -0.469 e. The molecule has 0 unspecified atom stereocenters. The number of carbonyl (C=O) groups excluding carboxylic acids is 2. The molecule has 6 nitrogen and oxygen atoms in total. The van der Waals surface area contributed by atoms with Crippen molar-refractivity contribution in [3.8, 4) is 0 Å². The predicted octanol–water partition coefficient (Wildman–Crippen LogP) is 3.92. The van der Waals surface area contributed by atoms with Gasteiger partial charge in [0.15, 0.2) is 0 Å². The molecule has 1 aliphatic rings. The van der Waals surface area contributed by atoms with Crippen molar-refractivity contribution in [2.24, 2.45) is 5.92 Å². The lowest BCUT2D eigenvalue weighted by molar-refractivity contribution is -0.146. The van der Waals surface area contributed by atoms with Crippen LogP contribution in [0.3, 0.4) is 0 Å². The quantitative estimate of drug-likeness (QED) is 0.512. The maximum Gasteiger partial charge on any atom is 0.407 e. The van der Waals surface area contributed by atoms with Gasteiger partial charge in [-0.25, -0.2) is 4.79 Å². The number of methoxy groups -OCH3 is 1. The van der Waals surface area contributed by atoms with E-state index in [4.69, 9.17) is 14.2 Å². The predicted molar refractivity (Wildman–Crippen MR) is 118 cm³/mol. The zero-order valence-electron chi connectivity index (χ0n) is 18.5. The number of hydrogen-bond donors (Lipinski definition) is 1. The molecule has 1 aliphatic heterocycles. The lowest BCUT2D eigenvalue weighted by Gasteiger charge is -2.23. The summed E-state index contributed by atoms with van der Waals surface area (Å²) in [5.41, 5.74) is 1.50. The molecular weight excluding hydrogens is 394 g/mol. The molecule has 0 radical (unpaired) electrons. The minimum atomic E-state index is -0.604. The van der Waals surface area contributed by atoms with E-state index in [0.717, 1.165) is 11.1 Å². The van der Waals surface area contributed by atoms with E-state index in [-0.39, 0.29) is 24.2 Å².